The monoisotopic (exact) mass is 289 g/mol. The van der Waals surface area contributed by atoms with Gasteiger partial charge in [0.2, 0.25) is 5.28 Å². The smallest absolute Gasteiger partial charge is 0.225 e. The first-order chi connectivity index (χ1) is 9.78. The normalized spacial score (nSPS) is 10.7. The van der Waals surface area contributed by atoms with Crippen LogP contribution in [0.25, 0.3) is 10.9 Å². The lowest BCUT2D eigenvalue weighted by Gasteiger charge is -2.10. The zero-order valence-corrected chi connectivity index (χ0v) is 11.5. The zero-order chi connectivity index (χ0) is 13.9. The molecule has 0 atom stereocenters. The van der Waals surface area contributed by atoms with Crippen molar-refractivity contribution in [1.29, 1.82) is 0 Å². The Kier molecular flexibility index (Phi) is 3.39. The fourth-order valence-corrected chi connectivity index (χ4v) is 2.13. The molecule has 102 valence electrons. The molecule has 0 unspecified atom stereocenters. The Morgan fingerprint density at radius 3 is 2.95 bits per heavy atom. The number of H-pyrrole nitrogens is 1. The highest BCUT2D eigenvalue weighted by Gasteiger charge is 2.10. The van der Waals surface area contributed by atoms with Crippen LogP contribution in [0, 0.1) is 0 Å². The van der Waals surface area contributed by atoms with Crippen molar-refractivity contribution in [3.05, 3.63) is 41.4 Å². The lowest BCUT2D eigenvalue weighted by molar-refractivity contribution is 0.419. The van der Waals surface area contributed by atoms with E-state index in [9.17, 15) is 0 Å². The standard InChI is InChI=1S/C13H12ClN5O/c1-20-10-4-2-3-9-11(10)17-13(14)18-12(9)15-7-8-5-6-16-19-8/h2-6H,7H2,1H3,(H,16,19)(H,15,17,18). The molecular weight excluding hydrogens is 278 g/mol. The molecule has 0 spiro atoms. The summed E-state index contributed by atoms with van der Waals surface area (Å²) in [5.74, 6) is 1.32. The van der Waals surface area contributed by atoms with Gasteiger partial charge >= 0.3 is 0 Å². The lowest BCUT2D eigenvalue weighted by Crippen LogP contribution is -2.04. The van der Waals surface area contributed by atoms with Crippen molar-refractivity contribution in [2.75, 3.05) is 12.4 Å². The van der Waals surface area contributed by atoms with Crippen molar-refractivity contribution < 1.29 is 4.74 Å². The van der Waals surface area contributed by atoms with Crippen molar-refractivity contribution >= 4 is 28.3 Å². The van der Waals surface area contributed by atoms with Gasteiger partial charge in [-0.3, -0.25) is 5.10 Å². The van der Waals surface area contributed by atoms with Gasteiger partial charge in [0, 0.05) is 11.6 Å². The van der Waals surface area contributed by atoms with E-state index >= 15 is 0 Å². The van der Waals surface area contributed by atoms with Crippen molar-refractivity contribution in [3.8, 4) is 5.75 Å². The van der Waals surface area contributed by atoms with Gasteiger partial charge in [-0.05, 0) is 29.8 Å². The molecule has 0 bridgehead atoms. The Morgan fingerprint density at radius 1 is 1.30 bits per heavy atom. The number of methoxy groups -OCH3 is 1. The van der Waals surface area contributed by atoms with Gasteiger partial charge in [0.15, 0.2) is 0 Å². The molecule has 1 aromatic carbocycles. The summed E-state index contributed by atoms with van der Waals surface area (Å²) in [7, 11) is 1.60. The predicted octanol–water partition coefficient (Wildman–Crippen LogP) is 2.63. The highest BCUT2D eigenvalue weighted by atomic mass is 35.5. The lowest BCUT2D eigenvalue weighted by atomic mass is 10.2. The SMILES string of the molecule is COc1cccc2c(NCc3ccn[nH]3)nc(Cl)nc12. The summed E-state index contributed by atoms with van der Waals surface area (Å²) >= 11 is 5.98. The molecule has 2 aromatic heterocycles. The summed E-state index contributed by atoms with van der Waals surface area (Å²) in [5, 5.41) is 11.0. The van der Waals surface area contributed by atoms with E-state index in [0.717, 1.165) is 11.1 Å². The second kappa shape index (κ2) is 5.34. The summed E-state index contributed by atoms with van der Waals surface area (Å²) in [6, 6.07) is 7.53. The fraction of sp³-hybridized carbons (Fsp3) is 0.154. The van der Waals surface area contributed by atoms with Crippen molar-refractivity contribution in [1.82, 2.24) is 20.2 Å². The summed E-state index contributed by atoms with van der Waals surface area (Å²) in [5.41, 5.74) is 1.64. The first-order valence-electron chi connectivity index (χ1n) is 6.00. The molecule has 2 heterocycles. The number of fused-ring (bicyclic) bond motifs is 1. The van der Waals surface area contributed by atoms with Crippen LogP contribution in [0.5, 0.6) is 5.75 Å². The van der Waals surface area contributed by atoms with Crippen LogP contribution in [0.3, 0.4) is 0 Å². The van der Waals surface area contributed by atoms with Crippen LogP contribution in [-0.2, 0) is 6.54 Å². The molecule has 20 heavy (non-hydrogen) atoms. The molecule has 0 saturated carbocycles. The van der Waals surface area contributed by atoms with E-state index in [2.05, 4.69) is 25.5 Å². The average Bonchev–Trinajstić information content (AvgIpc) is 2.97. The number of nitrogens with one attached hydrogen (secondary N) is 2. The molecule has 0 saturated heterocycles. The van der Waals surface area contributed by atoms with Gasteiger partial charge in [0.25, 0.3) is 0 Å². The van der Waals surface area contributed by atoms with Crippen LogP contribution in [0.4, 0.5) is 5.82 Å². The number of aromatic amines is 1. The molecule has 0 amide bonds. The number of anilines is 1. The van der Waals surface area contributed by atoms with Gasteiger partial charge < -0.3 is 10.1 Å². The largest absolute Gasteiger partial charge is 0.494 e. The Balaban J connectivity index is 2.01. The first kappa shape index (κ1) is 12.7. The van der Waals surface area contributed by atoms with Gasteiger partial charge in [-0.2, -0.15) is 5.10 Å². The maximum Gasteiger partial charge on any atom is 0.225 e. The zero-order valence-electron chi connectivity index (χ0n) is 10.7. The number of halogens is 1. The molecule has 0 fully saturated rings. The van der Waals surface area contributed by atoms with Crippen LogP contribution < -0.4 is 10.1 Å². The van der Waals surface area contributed by atoms with Gasteiger partial charge in [-0.15, -0.1) is 0 Å². The second-order valence-corrected chi connectivity index (χ2v) is 4.47. The maximum atomic E-state index is 5.98. The minimum atomic E-state index is 0.175. The summed E-state index contributed by atoms with van der Waals surface area (Å²) in [4.78, 5) is 8.45. The van der Waals surface area contributed by atoms with E-state index in [0.29, 0.717) is 23.6 Å². The van der Waals surface area contributed by atoms with Crippen LogP contribution in [0.1, 0.15) is 5.69 Å². The predicted molar refractivity (Wildman–Crippen MR) is 77.0 cm³/mol. The summed E-state index contributed by atoms with van der Waals surface area (Å²) in [6.07, 6.45) is 1.70. The first-order valence-corrected chi connectivity index (χ1v) is 6.38. The number of benzene rings is 1. The number of nitrogens with zero attached hydrogens (tertiary/aromatic N) is 3. The minimum absolute atomic E-state index is 0.175. The quantitative estimate of drug-likeness (QED) is 0.722. The maximum absolute atomic E-state index is 5.98. The third-order valence-corrected chi connectivity index (χ3v) is 3.06. The molecule has 2 N–H and O–H groups in total. The molecule has 3 aromatic rings. The number of hydrogen-bond acceptors (Lipinski definition) is 5. The topological polar surface area (TPSA) is 75.7 Å². The Morgan fingerprint density at radius 2 is 2.20 bits per heavy atom. The Hall–Kier alpha value is -2.34. The molecular formula is C13H12ClN5O. The highest BCUT2D eigenvalue weighted by Crippen LogP contribution is 2.29. The minimum Gasteiger partial charge on any atom is -0.494 e. The van der Waals surface area contributed by atoms with Crippen LogP contribution in [0.2, 0.25) is 5.28 Å². The molecule has 0 aliphatic heterocycles. The molecule has 3 rings (SSSR count). The number of ether oxygens (including phenoxy) is 1. The molecule has 0 aliphatic rings. The van der Waals surface area contributed by atoms with Gasteiger partial charge in [0.1, 0.15) is 17.1 Å². The molecule has 0 radical (unpaired) electrons. The fourth-order valence-electron chi connectivity index (χ4n) is 1.96. The third-order valence-electron chi connectivity index (χ3n) is 2.89. The van der Waals surface area contributed by atoms with E-state index in [1.807, 2.05) is 24.3 Å². The van der Waals surface area contributed by atoms with E-state index in [4.69, 9.17) is 16.3 Å². The van der Waals surface area contributed by atoms with Crippen LogP contribution >= 0.6 is 11.6 Å². The van der Waals surface area contributed by atoms with E-state index in [-0.39, 0.29) is 5.28 Å². The van der Waals surface area contributed by atoms with Crippen molar-refractivity contribution in [2.45, 2.75) is 6.54 Å². The highest BCUT2D eigenvalue weighted by molar-refractivity contribution is 6.29. The van der Waals surface area contributed by atoms with Crippen molar-refractivity contribution in [3.63, 3.8) is 0 Å². The Bertz CT molecular complexity index is 729. The van der Waals surface area contributed by atoms with Crippen LogP contribution in [-0.4, -0.2) is 27.3 Å². The Labute approximate surface area is 120 Å². The molecule has 6 nitrogen and oxygen atoms in total. The number of hydrogen-bond donors (Lipinski definition) is 2. The van der Waals surface area contributed by atoms with E-state index in [1.165, 1.54) is 0 Å². The third kappa shape index (κ3) is 2.37. The van der Waals surface area contributed by atoms with Crippen molar-refractivity contribution in [2.24, 2.45) is 0 Å². The van der Waals surface area contributed by atoms with Gasteiger partial charge in [0.05, 0.1) is 19.3 Å². The second-order valence-electron chi connectivity index (χ2n) is 4.13. The summed E-state index contributed by atoms with van der Waals surface area (Å²) < 4.78 is 5.29. The van der Waals surface area contributed by atoms with Gasteiger partial charge in [-0.1, -0.05) is 6.07 Å². The number of para-hydroxylation sites is 1. The number of aromatic nitrogens is 4. The average molecular weight is 290 g/mol. The summed E-state index contributed by atoms with van der Waals surface area (Å²) in [6.45, 7) is 0.569. The van der Waals surface area contributed by atoms with Gasteiger partial charge in [-0.25, -0.2) is 9.97 Å². The molecule has 0 aliphatic carbocycles. The van der Waals surface area contributed by atoms with Crippen LogP contribution in [0.15, 0.2) is 30.5 Å². The number of rotatable bonds is 4. The van der Waals surface area contributed by atoms with E-state index in [1.54, 1.807) is 13.3 Å². The molecule has 7 heteroatoms. The van der Waals surface area contributed by atoms with E-state index < -0.39 is 0 Å².